The van der Waals surface area contributed by atoms with E-state index in [9.17, 15) is 22.8 Å². The Hall–Kier alpha value is -3.17. The van der Waals surface area contributed by atoms with Crippen LogP contribution >= 0.6 is 0 Å². The third-order valence-corrected chi connectivity index (χ3v) is 3.41. The van der Waals surface area contributed by atoms with Gasteiger partial charge in [-0.25, -0.2) is 9.97 Å². The summed E-state index contributed by atoms with van der Waals surface area (Å²) < 4.78 is 41.2. The first-order valence-corrected chi connectivity index (χ1v) is 8.31. The molecule has 0 aliphatic carbocycles. The van der Waals surface area contributed by atoms with Gasteiger partial charge in [0.25, 0.3) is 5.91 Å². The van der Waals surface area contributed by atoms with E-state index in [2.05, 4.69) is 20.6 Å². The van der Waals surface area contributed by atoms with Crippen LogP contribution in [0.15, 0.2) is 30.5 Å². The highest BCUT2D eigenvalue weighted by Crippen LogP contribution is 2.19. The van der Waals surface area contributed by atoms with Crippen molar-refractivity contribution in [2.75, 3.05) is 11.9 Å². The summed E-state index contributed by atoms with van der Waals surface area (Å²) in [5, 5.41) is 5.22. The van der Waals surface area contributed by atoms with Crippen LogP contribution < -0.4 is 15.4 Å². The zero-order chi connectivity index (χ0) is 20.7. The summed E-state index contributed by atoms with van der Waals surface area (Å²) in [7, 11) is 0. The number of pyridine rings is 2. The van der Waals surface area contributed by atoms with E-state index in [-0.39, 0.29) is 30.1 Å². The minimum Gasteiger partial charge on any atom is -0.477 e. The Morgan fingerprint density at radius 3 is 2.57 bits per heavy atom. The molecule has 2 amide bonds. The van der Waals surface area contributed by atoms with Gasteiger partial charge in [-0.2, -0.15) is 13.2 Å². The average molecular weight is 396 g/mol. The van der Waals surface area contributed by atoms with Crippen LogP contribution in [0.5, 0.6) is 5.88 Å². The van der Waals surface area contributed by atoms with Crippen molar-refractivity contribution in [2.24, 2.45) is 0 Å². The number of ether oxygens (including phenoxy) is 1. The van der Waals surface area contributed by atoms with Crippen LogP contribution in [0, 0.1) is 6.92 Å². The molecule has 0 spiro atoms. The van der Waals surface area contributed by atoms with Crippen LogP contribution in [0.2, 0.25) is 0 Å². The molecule has 0 aliphatic rings. The van der Waals surface area contributed by atoms with Gasteiger partial charge in [0.2, 0.25) is 11.8 Å². The second-order valence-corrected chi connectivity index (χ2v) is 5.96. The molecular weight excluding hydrogens is 377 g/mol. The number of hydrogen-bond acceptors (Lipinski definition) is 5. The van der Waals surface area contributed by atoms with Crippen molar-refractivity contribution in [3.8, 4) is 5.88 Å². The highest BCUT2D eigenvalue weighted by molar-refractivity contribution is 5.96. The maximum atomic E-state index is 12.3. The van der Waals surface area contributed by atoms with E-state index in [0.29, 0.717) is 16.8 Å². The Bertz CT molecular complexity index is 839. The first-order valence-electron chi connectivity index (χ1n) is 8.31. The minimum absolute atomic E-state index is 0.0732. The zero-order valence-electron chi connectivity index (χ0n) is 15.3. The molecule has 2 aromatic rings. The van der Waals surface area contributed by atoms with E-state index >= 15 is 0 Å². The summed E-state index contributed by atoms with van der Waals surface area (Å²) in [6, 6.07) is 6.07. The van der Waals surface area contributed by atoms with Crippen molar-refractivity contribution in [2.45, 2.75) is 33.0 Å². The van der Waals surface area contributed by atoms with E-state index in [1.54, 1.807) is 19.1 Å². The molecule has 10 heteroatoms. The van der Waals surface area contributed by atoms with Gasteiger partial charge in [0.15, 0.2) is 0 Å². The number of amides is 2. The SMILES string of the molecule is CC(=O)Nc1cc(C(=O)NCc2ccc(OCCC(F)(F)F)nc2)cc(C)n1. The molecule has 0 saturated carbocycles. The highest BCUT2D eigenvalue weighted by Gasteiger charge is 2.26. The van der Waals surface area contributed by atoms with Gasteiger partial charge in [-0.05, 0) is 24.6 Å². The van der Waals surface area contributed by atoms with Gasteiger partial charge in [0.1, 0.15) is 5.82 Å². The summed E-state index contributed by atoms with van der Waals surface area (Å²) in [6.45, 7) is 2.69. The van der Waals surface area contributed by atoms with Crippen molar-refractivity contribution < 1.29 is 27.5 Å². The predicted octanol–water partition coefficient (Wildman–Crippen LogP) is 3.00. The van der Waals surface area contributed by atoms with Crippen molar-refractivity contribution in [3.05, 3.63) is 47.3 Å². The second kappa shape index (κ2) is 9.16. The lowest BCUT2D eigenvalue weighted by molar-refractivity contribution is -0.139. The number of alkyl halides is 3. The number of nitrogens with zero attached hydrogens (tertiary/aromatic N) is 2. The second-order valence-electron chi connectivity index (χ2n) is 5.96. The molecule has 0 bridgehead atoms. The van der Waals surface area contributed by atoms with Crippen LogP contribution in [0.3, 0.4) is 0 Å². The Labute approximate surface area is 159 Å². The number of hydrogen-bond donors (Lipinski definition) is 2. The monoisotopic (exact) mass is 396 g/mol. The first-order chi connectivity index (χ1) is 13.1. The predicted molar refractivity (Wildman–Crippen MR) is 94.9 cm³/mol. The maximum Gasteiger partial charge on any atom is 0.392 e. The molecular formula is C18H19F3N4O3. The van der Waals surface area contributed by atoms with Gasteiger partial charge in [-0.1, -0.05) is 6.07 Å². The molecule has 7 nitrogen and oxygen atoms in total. The van der Waals surface area contributed by atoms with Crippen molar-refractivity contribution >= 4 is 17.6 Å². The largest absolute Gasteiger partial charge is 0.477 e. The first kappa shape index (κ1) is 21.1. The van der Waals surface area contributed by atoms with Crippen molar-refractivity contribution in [1.29, 1.82) is 0 Å². The van der Waals surface area contributed by atoms with Gasteiger partial charge in [0, 0.05) is 37.0 Å². The molecule has 28 heavy (non-hydrogen) atoms. The van der Waals surface area contributed by atoms with Crippen LogP contribution in [0.25, 0.3) is 0 Å². The maximum absolute atomic E-state index is 12.3. The lowest BCUT2D eigenvalue weighted by Crippen LogP contribution is -2.23. The van der Waals surface area contributed by atoms with Crippen LogP contribution in [-0.2, 0) is 11.3 Å². The number of halogens is 3. The zero-order valence-corrected chi connectivity index (χ0v) is 15.3. The molecule has 2 heterocycles. The number of aryl methyl sites for hydroxylation is 1. The van der Waals surface area contributed by atoms with Gasteiger partial charge < -0.3 is 15.4 Å². The highest BCUT2D eigenvalue weighted by atomic mass is 19.4. The normalized spacial score (nSPS) is 11.0. The molecule has 2 rings (SSSR count). The Morgan fingerprint density at radius 2 is 1.96 bits per heavy atom. The number of aromatic nitrogens is 2. The van der Waals surface area contributed by atoms with E-state index < -0.39 is 19.2 Å². The fourth-order valence-corrected chi connectivity index (χ4v) is 2.20. The Kier molecular flexibility index (Phi) is 6.91. The molecule has 0 atom stereocenters. The van der Waals surface area contributed by atoms with Crippen LogP contribution in [-0.4, -0.2) is 34.6 Å². The van der Waals surface area contributed by atoms with Crippen LogP contribution in [0.4, 0.5) is 19.0 Å². The number of rotatable bonds is 7. The van der Waals surface area contributed by atoms with E-state index in [4.69, 9.17) is 4.74 Å². The quantitative estimate of drug-likeness (QED) is 0.751. The fourth-order valence-electron chi connectivity index (χ4n) is 2.20. The van der Waals surface area contributed by atoms with E-state index in [1.807, 2.05) is 0 Å². The number of carbonyl (C=O) groups is 2. The van der Waals surface area contributed by atoms with Crippen molar-refractivity contribution in [1.82, 2.24) is 15.3 Å². The summed E-state index contributed by atoms with van der Waals surface area (Å²) in [5.74, 6) is -0.320. The molecule has 0 saturated heterocycles. The Balaban J connectivity index is 1.90. The fraction of sp³-hybridized carbons (Fsp3) is 0.333. The van der Waals surface area contributed by atoms with Gasteiger partial charge in [-0.15, -0.1) is 0 Å². The molecule has 0 fully saturated rings. The lowest BCUT2D eigenvalue weighted by atomic mass is 10.2. The number of anilines is 1. The summed E-state index contributed by atoms with van der Waals surface area (Å²) in [6.07, 6.45) is -3.93. The lowest BCUT2D eigenvalue weighted by Gasteiger charge is -2.10. The Morgan fingerprint density at radius 1 is 1.21 bits per heavy atom. The van der Waals surface area contributed by atoms with Gasteiger partial charge >= 0.3 is 6.18 Å². The molecule has 0 unspecified atom stereocenters. The number of nitrogens with one attached hydrogen (secondary N) is 2. The molecule has 2 N–H and O–H groups in total. The van der Waals surface area contributed by atoms with E-state index in [0.717, 1.165) is 0 Å². The third-order valence-electron chi connectivity index (χ3n) is 3.41. The third kappa shape index (κ3) is 7.22. The molecule has 0 aliphatic heterocycles. The molecule has 0 aromatic carbocycles. The van der Waals surface area contributed by atoms with Crippen LogP contribution in [0.1, 0.15) is 35.0 Å². The topological polar surface area (TPSA) is 93.2 Å². The standard InChI is InChI=1S/C18H19F3N4O3/c1-11-7-14(8-15(24-11)25-12(2)26)17(27)23-10-13-3-4-16(22-9-13)28-6-5-18(19,20)21/h3-4,7-9H,5-6,10H2,1-2H3,(H,23,27)(H,24,25,26). The van der Waals surface area contributed by atoms with E-state index in [1.165, 1.54) is 25.3 Å². The molecule has 2 aromatic heterocycles. The smallest absolute Gasteiger partial charge is 0.392 e. The summed E-state index contributed by atoms with van der Waals surface area (Å²) >= 11 is 0. The summed E-state index contributed by atoms with van der Waals surface area (Å²) in [5.41, 5.74) is 1.54. The minimum atomic E-state index is -4.28. The average Bonchev–Trinajstić information content (AvgIpc) is 2.58. The molecule has 150 valence electrons. The van der Waals surface area contributed by atoms with Gasteiger partial charge in [0.05, 0.1) is 13.0 Å². The summed E-state index contributed by atoms with van der Waals surface area (Å²) in [4.78, 5) is 31.5. The number of carbonyl (C=O) groups excluding carboxylic acids is 2. The van der Waals surface area contributed by atoms with Crippen molar-refractivity contribution in [3.63, 3.8) is 0 Å². The molecule has 0 radical (unpaired) electrons. The van der Waals surface area contributed by atoms with Gasteiger partial charge in [-0.3, -0.25) is 9.59 Å².